The molecular weight excluding hydrogens is 246 g/mol. The maximum absolute atomic E-state index is 13.2. The second kappa shape index (κ2) is 4.21. The van der Waals surface area contributed by atoms with E-state index >= 15 is 0 Å². The predicted molar refractivity (Wildman–Crippen MR) is 49.9 cm³/mol. The topological polar surface area (TPSA) is 20.2 Å². The highest BCUT2D eigenvalue weighted by Crippen LogP contribution is 2.25. The minimum atomic E-state index is -0.392. The van der Waals surface area contributed by atoms with E-state index in [9.17, 15) is 4.39 Å². The van der Waals surface area contributed by atoms with Gasteiger partial charge in [0.05, 0.1) is 4.47 Å². The van der Waals surface area contributed by atoms with Crippen molar-refractivity contribution in [2.75, 3.05) is 6.61 Å². The summed E-state index contributed by atoms with van der Waals surface area (Å²) in [5.74, 6) is -0.392. The quantitative estimate of drug-likeness (QED) is 0.804. The van der Waals surface area contributed by atoms with Crippen molar-refractivity contribution in [3.63, 3.8) is 0 Å². The molecule has 0 atom stereocenters. The number of rotatable bonds is 2. The van der Waals surface area contributed by atoms with Crippen LogP contribution in [-0.4, -0.2) is 11.7 Å². The molecule has 0 spiro atoms. The molecular formula is C8H7BrClFO. The summed E-state index contributed by atoms with van der Waals surface area (Å²) in [5, 5.41) is 8.97. The molecule has 0 heterocycles. The summed E-state index contributed by atoms with van der Waals surface area (Å²) < 4.78 is 13.6. The van der Waals surface area contributed by atoms with Crippen LogP contribution in [0.3, 0.4) is 0 Å². The molecule has 0 radical (unpaired) electrons. The van der Waals surface area contributed by atoms with Crippen molar-refractivity contribution in [1.82, 2.24) is 0 Å². The number of hydrogen-bond donors (Lipinski definition) is 1. The van der Waals surface area contributed by atoms with Gasteiger partial charge in [0, 0.05) is 17.2 Å². The van der Waals surface area contributed by atoms with Crippen LogP contribution in [0.15, 0.2) is 16.6 Å². The molecule has 0 aromatic heterocycles. The highest BCUT2D eigenvalue weighted by molar-refractivity contribution is 9.10. The first-order valence-corrected chi connectivity index (χ1v) is 4.57. The van der Waals surface area contributed by atoms with E-state index in [1.807, 2.05) is 0 Å². The Bertz CT molecular complexity index is 291. The third-order valence-corrected chi connectivity index (χ3v) is 2.47. The average Bonchev–Trinajstić information content (AvgIpc) is 2.06. The summed E-state index contributed by atoms with van der Waals surface area (Å²) in [4.78, 5) is 0. The fourth-order valence-electron chi connectivity index (χ4n) is 0.910. The summed E-state index contributed by atoms with van der Waals surface area (Å²) in [6, 6.07) is 3.14. The lowest BCUT2D eigenvalue weighted by Gasteiger charge is -2.04. The molecule has 0 aliphatic rings. The van der Waals surface area contributed by atoms with Gasteiger partial charge < -0.3 is 5.11 Å². The van der Waals surface area contributed by atoms with Crippen LogP contribution in [0.1, 0.15) is 5.56 Å². The molecule has 0 bridgehead atoms. The summed E-state index contributed by atoms with van der Waals surface area (Å²) in [6.45, 7) is -0.104. The first kappa shape index (κ1) is 9.96. The first-order chi connectivity index (χ1) is 5.66. The zero-order chi connectivity index (χ0) is 9.14. The number of halogens is 3. The van der Waals surface area contributed by atoms with Gasteiger partial charge in [-0.05, 0) is 34.5 Å². The molecule has 0 aliphatic carbocycles. The van der Waals surface area contributed by atoms with Crippen LogP contribution in [0, 0.1) is 5.82 Å². The van der Waals surface area contributed by atoms with Crippen LogP contribution < -0.4 is 0 Å². The molecule has 1 aromatic rings. The number of aliphatic hydroxyl groups excluding tert-OH is 1. The smallest absolute Gasteiger partial charge is 0.142 e. The zero-order valence-corrected chi connectivity index (χ0v) is 8.49. The third kappa shape index (κ3) is 1.97. The molecule has 1 nitrogen and oxygen atoms in total. The molecule has 0 fully saturated rings. The van der Waals surface area contributed by atoms with Gasteiger partial charge in [0.2, 0.25) is 0 Å². The molecule has 1 N–H and O–H groups in total. The SMILES string of the molecule is OCCc1c(Cl)ccc(Br)c1F. The lowest BCUT2D eigenvalue weighted by atomic mass is 10.1. The minimum Gasteiger partial charge on any atom is -0.396 e. The molecule has 4 heteroatoms. The Morgan fingerprint density at radius 2 is 2.17 bits per heavy atom. The maximum Gasteiger partial charge on any atom is 0.142 e. The lowest BCUT2D eigenvalue weighted by molar-refractivity contribution is 0.297. The van der Waals surface area contributed by atoms with Crippen molar-refractivity contribution in [3.8, 4) is 0 Å². The van der Waals surface area contributed by atoms with Crippen LogP contribution in [0.4, 0.5) is 4.39 Å². The molecule has 66 valence electrons. The molecule has 0 saturated carbocycles. The van der Waals surface area contributed by atoms with Gasteiger partial charge >= 0.3 is 0 Å². The minimum absolute atomic E-state index is 0.104. The average molecular weight is 253 g/mol. The van der Waals surface area contributed by atoms with Crippen LogP contribution in [0.5, 0.6) is 0 Å². The van der Waals surface area contributed by atoms with Gasteiger partial charge in [0.1, 0.15) is 5.82 Å². The van der Waals surface area contributed by atoms with Crippen LogP contribution in [0.2, 0.25) is 5.02 Å². The molecule has 0 unspecified atom stereocenters. The second-order valence-corrected chi connectivity index (χ2v) is 3.56. The van der Waals surface area contributed by atoms with Gasteiger partial charge in [-0.15, -0.1) is 0 Å². The van der Waals surface area contributed by atoms with Crippen LogP contribution >= 0.6 is 27.5 Å². The van der Waals surface area contributed by atoms with E-state index in [0.29, 0.717) is 15.1 Å². The number of benzene rings is 1. The second-order valence-electron chi connectivity index (χ2n) is 2.30. The first-order valence-electron chi connectivity index (χ1n) is 3.40. The molecule has 0 amide bonds. The Morgan fingerprint density at radius 1 is 1.50 bits per heavy atom. The molecule has 0 saturated heterocycles. The summed E-state index contributed by atoms with van der Waals surface area (Å²) in [6.07, 6.45) is 0.240. The summed E-state index contributed by atoms with van der Waals surface area (Å²) in [5.41, 5.74) is 0.355. The van der Waals surface area contributed by atoms with Crippen molar-refractivity contribution in [2.45, 2.75) is 6.42 Å². The predicted octanol–water partition coefficient (Wildman–Crippen LogP) is 2.78. The van der Waals surface area contributed by atoms with E-state index in [1.54, 1.807) is 12.1 Å². The van der Waals surface area contributed by atoms with Gasteiger partial charge in [-0.1, -0.05) is 11.6 Å². The Hall–Kier alpha value is -0.120. The van der Waals surface area contributed by atoms with Gasteiger partial charge in [0.25, 0.3) is 0 Å². The number of aliphatic hydroxyl groups is 1. The van der Waals surface area contributed by atoms with Crippen LogP contribution in [0.25, 0.3) is 0 Å². The Kier molecular flexibility index (Phi) is 3.50. The Morgan fingerprint density at radius 3 is 2.75 bits per heavy atom. The fourth-order valence-corrected chi connectivity index (χ4v) is 1.52. The largest absolute Gasteiger partial charge is 0.396 e. The van der Waals surface area contributed by atoms with Crippen molar-refractivity contribution in [3.05, 3.63) is 33.0 Å². The third-order valence-electron chi connectivity index (χ3n) is 1.50. The highest BCUT2D eigenvalue weighted by Gasteiger charge is 2.09. The van der Waals surface area contributed by atoms with E-state index in [-0.39, 0.29) is 13.0 Å². The molecule has 12 heavy (non-hydrogen) atoms. The molecule has 1 aromatic carbocycles. The highest BCUT2D eigenvalue weighted by atomic mass is 79.9. The molecule has 1 rings (SSSR count). The van der Waals surface area contributed by atoms with E-state index in [0.717, 1.165) is 0 Å². The van der Waals surface area contributed by atoms with Crippen molar-refractivity contribution in [2.24, 2.45) is 0 Å². The lowest BCUT2D eigenvalue weighted by Crippen LogP contribution is -1.96. The normalized spacial score (nSPS) is 10.3. The Balaban J connectivity index is 3.14. The standard InChI is InChI=1S/C8H7BrClFO/c9-6-1-2-7(10)5(3-4-12)8(6)11/h1-2,12H,3-4H2. The van der Waals surface area contributed by atoms with Crippen LogP contribution in [-0.2, 0) is 6.42 Å². The monoisotopic (exact) mass is 252 g/mol. The Labute approximate surface area is 83.3 Å². The zero-order valence-electron chi connectivity index (χ0n) is 6.15. The molecule has 0 aliphatic heterocycles. The fraction of sp³-hybridized carbons (Fsp3) is 0.250. The summed E-state index contributed by atoms with van der Waals surface area (Å²) in [7, 11) is 0. The number of hydrogen-bond acceptors (Lipinski definition) is 1. The van der Waals surface area contributed by atoms with Gasteiger partial charge in [0.15, 0.2) is 0 Å². The van der Waals surface area contributed by atoms with Gasteiger partial charge in [-0.2, -0.15) is 0 Å². The van der Waals surface area contributed by atoms with E-state index in [4.69, 9.17) is 16.7 Å². The van der Waals surface area contributed by atoms with Crippen molar-refractivity contribution >= 4 is 27.5 Å². The van der Waals surface area contributed by atoms with Gasteiger partial charge in [-0.3, -0.25) is 0 Å². The van der Waals surface area contributed by atoms with Crippen molar-refractivity contribution in [1.29, 1.82) is 0 Å². The summed E-state index contributed by atoms with van der Waals surface area (Å²) >= 11 is 8.74. The van der Waals surface area contributed by atoms with E-state index in [1.165, 1.54) is 0 Å². The van der Waals surface area contributed by atoms with Gasteiger partial charge in [-0.25, -0.2) is 4.39 Å². The van der Waals surface area contributed by atoms with Crippen molar-refractivity contribution < 1.29 is 9.50 Å². The van der Waals surface area contributed by atoms with E-state index in [2.05, 4.69) is 15.9 Å². The van der Waals surface area contributed by atoms with E-state index < -0.39 is 5.82 Å². The maximum atomic E-state index is 13.2.